The summed E-state index contributed by atoms with van der Waals surface area (Å²) in [6, 6.07) is 5.19. The van der Waals surface area contributed by atoms with E-state index in [0.29, 0.717) is 18.9 Å². The van der Waals surface area contributed by atoms with Crippen LogP contribution in [0.2, 0.25) is 0 Å². The number of nitrogen functional groups attached to an aromatic ring is 1. The molecular formula is C14H15N5O2. The Bertz CT molecular complexity index is 823. The van der Waals surface area contributed by atoms with Crippen molar-refractivity contribution in [1.29, 1.82) is 0 Å². The molecule has 0 unspecified atom stereocenters. The molecular weight excluding hydrogens is 270 g/mol. The molecule has 2 aromatic heterocycles. The minimum absolute atomic E-state index is 0.216. The standard InChI is InChI=1S/C14H15N5O2/c15-14-17-12-11(9-7-8(20)1-2-10(9)16-12)13(18-14)19-3-5-21-6-4-19/h1-2,7,20H,3-6H2,(H3,15,16,17,18). The van der Waals surface area contributed by atoms with Gasteiger partial charge in [0.1, 0.15) is 17.2 Å². The summed E-state index contributed by atoms with van der Waals surface area (Å²) in [5.74, 6) is 1.24. The van der Waals surface area contributed by atoms with E-state index >= 15 is 0 Å². The van der Waals surface area contributed by atoms with Crippen molar-refractivity contribution >= 4 is 33.7 Å². The van der Waals surface area contributed by atoms with Gasteiger partial charge in [-0.15, -0.1) is 0 Å². The third-order valence-corrected chi connectivity index (χ3v) is 3.74. The van der Waals surface area contributed by atoms with Crippen LogP contribution in [0.5, 0.6) is 5.75 Å². The normalized spacial score (nSPS) is 15.9. The highest BCUT2D eigenvalue weighted by molar-refractivity contribution is 6.12. The Labute approximate surface area is 120 Å². The van der Waals surface area contributed by atoms with E-state index in [1.54, 1.807) is 12.1 Å². The van der Waals surface area contributed by atoms with Crippen molar-refractivity contribution < 1.29 is 9.84 Å². The van der Waals surface area contributed by atoms with Crippen molar-refractivity contribution in [3.05, 3.63) is 18.2 Å². The van der Waals surface area contributed by atoms with Gasteiger partial charge in [-0.3, -0.25) is 0 Å². The highest BCUT2D eigenvalue weighted by Crippen LogP contribution is 2.34. The van der Waals surface area contributed by atoms with Gasteiger partial charge in [0, 0.05) is 24.0 Å². The second-order valence-corrected chi connectivity index (χ2v) is 5.08. The number of hydrogen-bond donors (Lipinski definition) is 3. The molecule has 4 N–H and O–H groups in total. The smallest absolute Gasteiger partial charge is 0.223 e. The quantitative estimate of drug-likeness (QED) is 0.622. The zero-order chi connectivity index (χ0) is 14.4. The maximum Gasteiger partial charge on any atom is 0.223 e. The Kier molecular flexibility index (Phi) is 2.61. The topological polar surface area (TPSA) is 100 Å². The van der Waals surface area contributed by atoms with E-state index in [9.17, 15) is 5.11 Å². The highest BCUT2D eigenvalue weighted by atomic mass is 16.5. The molecule has 0 atom stereocenters. The van der Waals surface area contributed by atoms with E-state index in [0.717, 1.165) is 35.2 Å². The summed E-state index contributed by atoms with van der Waals surface area (Å²) in [5.41, 5.74) is 7.42. The Morgan fingerprint density at radius 2 is 2.05 bits per heavy atom. The molecule has 0 aliphatic carbocycles. The molecule has 0 spiro atoms. The fourth-order valence-corrected chi connectivity index (χ4v) is 2.78. The molecule has 0 bridgehead atoms. The molecule has 0 saturated carbocycles. The van der Waals surface area contributed by atoms with E-state index < -0.39 is 0 Å². The van der Waals surface area contributed by atoms with Crippen molar-refractivity contribution in [2.24, 2.45) is 0 Å². The van der Waals surface area contributed by atoms with Crippen LogP contribution in [-0.2, 0) is 4.74 Å². The van der Waals surface area contributed by atoms with Gasteiger partial charge in [0.05, 0.1) is 18.6 Å². The van der Waals surface area contributed by atoms with E-state index in [1.807, 2.05) is 6.07 Å². The number of fused-ring (bicyclic) bond motifs is 3. The summed E-state index contributed by atoms with van der Waals surface area (Å²) < 4.78 is 5.39. The predicted octanol–water partition coefficient (Wildman–Crippen LogP) is 1.24. The molecule has 0 radical (unpaired) electrons. The molecule has 3 aromatic rings. The molecule has 3 heterocycles. The van der Waals surface area contributed by atoms with Gasteiger partial charge in [0.15, 0.2) is 0 Å². The van der Waals surface area contributed by atoms with Crippen LogP contribution in [-0.4, -0.2) is 46.4 Å². The summed E-state index contributed by atoms with van der Waals surface area (Å²) in [5, 5.41) is 11.5. The van der Waals surface area contributed by atoms with E-state index in [1.165, 1.54) is 0 Å². The van der Waals surface area contributed by atoms with Crippen LogP contribution in [0.1, 0.15) is 0 Å². The zero-order valence-corrected chi connectivity index (χ0v) is 11.3. The average molecular weight is 285 g/mol. The fraction of sp³-hybridized carbons (Fsp3) is 0.286. The Morgan fingerprint density at radius 3 is 2.86 bits per heavy atom. The first-order valence-electron chi connectivity index (χ1n) is 6.83. The zero-order valence-electron chi connectivity index (χ0n) is 11.3. The summed E-state index contributed by atoms with van der Waals surface area (Å²) in [6.45, 7) is 2.85. The number of anilines is 2. The van der Waals surface area contributed by atoms with E-state index in [2.05, 4.69) is 19.9 Å². The number of ether oxygens (including phenoxy) is 1. The number of aromatic hydroxyl groups is 1. The van der Waals surface area contributed by atoms with Gasteiger partial charge < -0.3 is 25.5 Å². The van der Waals surface area contributed by atoms with Crippen molar-refractivity contribution in [3.63, 3.8) is 0 Å². The third kappa shape index (κ3) is 1.93. The van der Waals surface area contributed by atoms with Crippen LogP contribution in [0.4, 0.5) is 11.8 Å². The summed E-state index contributed by atoms with van der Waals surface area (Å²) in [6.07, 6.45) is 0. The van der Waals surface area contributed by atoms with E-state index in [-0.39, 0.29) is 11.7 Å². The number of phenolic OH excluding ortho intramolecular Hbond substituents is 1. The molecule has 4 rings (SSSR count). The molecule has 1 aromatic carbocycles. The number of nitrogens with two attached hydrogens (primary N) is 1. The second-order valence-electron chi connectivity index (χ2n) is 5.08. The monoisotopic (exact) mass is 285 g/mol. The van der Waals surface area contributed by atoms with Crippen LogP contribution in [0, 0.1) is 0 Å². The molecule has 7 heteroatoms. The number of phenols is 1. The van der Waals surface area contributed by atoms with Crippen LogP contribution in [0.15, 0.2) is 18.2 Å². The molecule has 21 heavy (non-hydrogen) atoms. The van der Waals surface area contributed by atoms with Crippen LogP contribution in [0.3, 0.4) is 0 Å². The molecule has 1 saturated heterocycles. The van der Waals surface area contributed by atoms with Gasteiger partial charge in [-0.05, 0) is 18.2 Å². The maximum atomic E-state index is 9.75. The number of H-pyrrole nitrogens is 1. The molecule has 1 fully saturated rings. The fourth-order valence-electron chi connectivity index (χ4n) is 2.78. The number of benzene rings is 1. The van der Waals surface area contributed by atoms with Gasteiger partial charge in [-0.1, -0.05) is 0 Å². The largest absolute Gasteiger partial charge is 0.508 e. The number of morpholine rings is 1. The lowest BCUT2D eigenvalue weighted by atomic mass is 10.2. The number of hydrogen-bond acceptors (Lipinski definition) is 6. The number of aromatic amines is 1. The maximum absolute atomic E-state index is 9.75. The average Bonchev–Trinajstić information content (AvgIpc) is 2.84. The summed E-state index contributed by atoms with van der Waals surface area (Å²) >= 11 is 0. The summed E-state index contributed by atoms with van der Waals surface area (Å²) in [4.78, 5) is 14.0. The number of nitrogens with zero attached hydrogens (tertiary/aromatic N) is 3. The second kappa shape index (κ2) is 4.49. The molecule has 108 valence electrons. The number of nitrogens with one attached hydrogen (secondary N) is 1. The minimum atomic E-state index is 0.216. The Morgan fingerprint density at radius 1 is 1.24 bits per heavy atom. The predicted molar refractivity (Wildman–Crippen MR) is 80.5 cm³/mol. The Balaban J connectivity index is 2.03. The van der Waals surface area contributed by atoms with Gasteiger partial charge in [0.2, 0.25) is 5.95 Å². The van der Waals surface area contributed by atoms with Crippen molar-refractivity contribution in [2.45, 2.75) is 0 Å². The van der Waals surface area contributed by atoms with Gasteiger partial charge in [0.25, 0.3) is 0 Å². The lowest BCUT2D eigenvalue weighted by Gasteiger charge is -2.28. The molecule has 0 amide bonds. The molecule has 7 nitrogen and oxygen atoms in total. The Hall–Kier alpha value is -2.54. The lowest BCUT2D eigenvalue weighted by Crippen LogP contribution is -2.37. The van der Waals surface area contributed by atoms with Crippen molar-refractivity contribution in [2.75, 3.05) is 36.9 Å². The minimum Gasteiger partial charge on any atom is -0.508 e. The number of rotatable bonds is 1. The first kappa shape index (κ1) is 12.2. The molecule has 1 aliphatic rings. The van der Waals surface area contributed by atoms with Crippen molar-refractivity contribution in [3.8, 4) is 5.75 Å². The van der Waals surface area contributed by atoms with Gasteiger partial charge in [-0.2, -0.15) is 9.97 Å². The first-order chi connectivity index (χ1) is 10.2. The third-order valence-electron chi connectivity index (χ3n) is 3.74. The SMILES string of the molecule is Nc1nc(N2CCOCC2)c2c(n1)[nH]c1ccc(O)cc12. The van der Waals surface area contributed by atoms with Crippen LogP contribution in [0.25, 0.3) is 21.9 Å². The van der Waals surface area contributed by atoms with Gasteiger partial charge in [-0.25, -0.2) is 0 Å². The lowest BCUT2D eigenvalue weighted by molar-refractivity contribution is 0.122. The highest BCUT2D eigenvalue weighted by Gasteiger charge is 2.20. The van der Waals surface area contributed by atoms with Crippen LogP contribution >= 0.6 is 0 Å². The molecule has 1 aliphatic heterocycles. The first-order valence-corrected chi connectivity index (χ1v) is 6.83. The summed E-state index contributed by atoms with van der Waals surface area (Å²) in [7, 11) is 0. The number of aromatic nitrogens is 3. The van der Waals surface area contributed by atoms with E-state index in [4.69, 9.17) is 10.5 Å². The van der Waals surface area contributed by atoms with Crippen LogP contribution < -0.4 is 10.6 Å². The van der Waals surface area contributed by atoms with Crippen molar-refractivity contribution in [1.82, 2.24) is 15.0 Å². The van der Waals surface area contributed by atoms with Gasteiger partial charge >= 0.3 is 0 Å².